The van der Waals surface area contributed by atoms with Crippen LogP contribution in [0.2, 0.25) is 0 Å². The van der Waals surface area contributed by atoms with E-state index in [4.69, 9.17) is 4.74 Å². The summed E-state index contributed by atoms with van der Waals surface area (Å²) in [6, 6.07) is -0.00301. The highest BCUT2D eigenvalue weighted by atomic mass is 16.5. The Morgan fingerprint density at radius 2 is 2.23 bits per heavy atom. The average molecular weight is 185 g/mol. The van der Waals surface area contributed by atoms with Crippen LogP contribution in [0, 0.1) is 6.54 Å². The third kappa shape index (κ3) is 3.63. The maximum atomic E-state index is 11.4. The summed E-state index contributed by atoms with van der Waals surface area (Å²) in [5, 5.41) is 2.76. The molecule has 1 aliphatic heterocycles. The molecule has 0 atom stereocenters. The lowest BCUT2D eigenvalue weighted by Gasteiger charge is -2.26. The lowest BCUT2D eigenvalue weighted by atomic mass is 10.3. The largest absolute Gasteiger partial charge is 0.378 e. The van der Waals surface area contributed by atoms with E-state index in [9.17, 15) is 4.79 Å². The highest BCUT2D eigenvalue weighted by molar-refractivity contribution is 5.74. The molecule has 0 aromatic rings. The Balaban J connectivity index is 2.13. The minimum Gasteiger partial charge on any atom is -0.378 e. The van der Waals surface area contributed by atoms with Crippen molar-refractivity contribution in [3.05, 3.63) is 6.54 Å². The van der Waals surface area contributed by atoms with Crippen LogP contribution in [0.5, 0.6) is 0 Å². The molecule has 0 unspecified atom stereocenters. The maximum Gasteiger partial charge on any atom is 0.317 e. The molecular weight excluding hydrogens is 168 g/mol. The molecule has 1 rings (SSSR count). The molecule has 2 amide bonds. The molecule has 0 bridgehead atoms. The third-order valence-electron chi connectivity index (χ3n) is 1.96. The second-order valence-corrected chi connectivity index (χ2v) is 3.04. The number of urea groups is 1. The van der Waals surface area contributed by atoms with Gasteiger partial charge >= 0.3 is 6.03 Å². The average Bonchev–Trinajstić information content (AvgIpc) is 2.19. The van der Waals surface area contributed by atoms with E-state index < -0.39 is 0 Å². The molecule has 1 N–H and O–H groups in total. The summed E-state index contributed by atoms with van der Waals surface area (Å²) in [4.78, 5) is 13.2. The topological polar surface area (TPSA) is 41.6 Å². The van der Waals surface area contributed by atoms with Crippen molar-refractivity contribution in [2.24, 2.45) is 0 Å². The zero-order chi connectivity index (χ0) is 9.52. The van der Waals surface area contributed by atoms with Gasteiger partial charge in [-0.15, -0.1) is 0 Å². The van der Waals surface area contributed by atoms with Crippen LogP contribution in [0.3, 0.4) is 0 Å². The molecule has 0 spiro atoms. The quantitative estimate of drug-likeness (QED) is 0.666. The molecule has 1 fully saturated rings. The van der Waals surface area contributed by atoms with Gasteiger partial charge in [-0.3, -0.25) is 0 Å². The summed E-state index contributed by atoms with van der Waals surface area (Å²) in [5.74, 6) is 0. The predicted octanol–water partition coefficient (Wildman–Crippen LogP) is 0.990. The molecule has 1 radical (unpaired) electrons. The molecule has 0 aromatic carbocycles. The highest BCUT2D eigenvalue weighted by Gasteiger charge is 2.15. The van der Waals surface area contributed by atoms with Crippen LogP contribution in [0.25, 0.3) is 0 Å². The summed E-state index contributed by atoms with van der Waals surface area (Å²) in [7, 11) is 0. The number of amides is 2. The van der Waals surface area contributed by atoms with E-state index in [2.05, 4.69) is 12.2 Å². The second-order valence-electron chi connectivity index (χ2n) is 3.04. The molecule has 1 heterocycles. The van der Waals surface area contributed by atoms with Crippen molar-refractivity contribution in [3.8, 4) is 0 Å². The summed E-state index contributed by atoms with van der Waals surface area (Å²) in [6.45, 7) is 6.61. The van der Waals surface area contributed by atoms with Gasteiger partial charge in [-0.1, -0.05) is 13.3 Å². The first-order valence-corrected chi connectivity index (χ1v) is 4.79. The van der Waals surface area contributed by atoms with E-state index in [1.54, 1.807) is 4.90 Å². The van der Waals surface area contributed by atoms with Crippen LogP contribution in [0.1, 0.15) is 19.8 Å². The van der Waals surface area contributed by atoms with Crippen LogP contribution in [0.15, 0.2) is 0 Å². The van der Waals surface area contributed by atoms with Gasteiger partial charge in [0.05, 0.1) is 19.8 Å². The lowest BCUT2D eigenvalue weighted by molar-refractivity contribution is 0.0537. The van der Waals surface area contributed by atoms with Gasteiger partial charge in [0, 0.05) is 13.1 Å². The monoisotopic (exact) mass is 185 g/mol. The molecule has 0 aliphatic carbocycles. The van der Waals surface area contributed by atoms with Crippen LogP contribution in [-0.4, -0.2) is 37.2 Å². The van der Waals surface area contributed by atoms with E-state index in [-0.39, 0.29) is 6.03 Å². The number of carbonyl (C=O) groups excluding carboxylic acids is 1. The first kappa shape index (κ1) is 10.3. The Hall–Kier alpha value is -0.770. The van der Waals surface area contributed by atoms with Crippen molar-refractivity contribution in [2.75, 3.05) is 26.3 Å². The van der Waals surface area contributed by atoms with Crippen LogP contribution in [0.4, 0.5) is 4.79 Å². The fourth-order valence-corrected chi connectivity index (χ4v) is 1.16. The van der Waals surface area contributed by atoms with Gasteiger partial charge < -0.3 is 15.0 Å². The van der Waals surface area contributed by atoms with Gasteiger partial charge in [0.25, 0.3) is 0 Å². The molecule has 1 aliphatic rings. The molecule has 1 saturated heterocycles. The maximum absolute atomic E-state index is 11.4. The van der Waals surface area contributed by atoms with Gasteiger partial charge in [0.2, 0.25) is 0 Å². The number of unbranched alkanes of at least 4 members (excludes halogenated alkanes) is 1. The minimum atomic E-state index is -0.00301. The number of morpholine rings is 1. The number of nitrogens with one attached hydrogen (secondary N) is 1. The summed E-state index contributed by atoms with van der Waals surface area (Å²) >= 11 is 0. The van der Waals surface area contributed by atoms with E-state index in [1.807, 2.05) is 6.54 Å². The van der Waals surface area contributed by atoms with E-state index >= 15 is 0 Å². The van der Waals surface area contributed by atoms with Crippen LogP contribution < -0.4 is 5.32 Å². The Labute approximate surface area is 79.2 Å². The molecule has 75 valence electrons. The Morgan fingerprint density at radius 1 is 1.54 bits per heavy atom. The lowest BCUT2D eigenvalue weighted by Crippen LogP contribution is -2.45. The predicted molar refractivity (Wildman–Crippen MR) is 50.1 cm³/mol. The highest BCUT2D eigenvalue weighted by Crippen LogP contribution is 1.98. The van der Waals surface area contributed by atoms with Crippen molar-refractivity contribution in [2.45, 2.75) is 19.8 Å². The number of carbonyl (C=O) groups is 1. The SMILES string of the molecule is CCC[CH]NC(=O)N1CCOCC1. The zero-order valence-electron chi connectivity index (χ0n) is 8.08. The minimum absolute atomic E-state index is 0.00301. The summed E-state index contributed by atoms with van der Waals surface area (Å²) in [5.41, 5.74) is 0. The first-order chi connectivity index (χ1) is 6.34. The van der Waals surface area contributed by atoms with Crippen LogP contribution in [-0.2, 0) is 4.74 Å². The van der Waals surface area contributed by atoms with E-state index in [0.29, 0.717) is 26.3 Å². The molecule has 4 nitrogen and oxygen atoms in total. The van der Waals surface area contributed by atoms with E-state index in [0.717, 1.165) is 12.8 Å². The third-order valence-corrected chi connectivity index (χ3v) is 1.96. The smallest absolute Gasteiger partial charge is 0.317 e. The Bertz CT molecular complexity index is 156. The molecular formula is C9H17N2O2. The Kier molecular flexibility index (Phi) is 4.60. The normalized spacial score (nSPS) is 17.2. The molecule has 4 heteroatoms. The fourth-order valence-electron chi connectivity index (χ4n) is 1.16. The van der Waals surface area contributed by atoms with Crippen molar-refractivity contribution >= 4 is 6.03 Å². The summed E-state index contributed by atoms with van der Waals surface area (Å²) in [6.07, 6.45) is 1.99. The van der Waals surface area contributed by atoms with Crippen molar-refractivity contribution in [1.29, 1.82) is 0 Å². The van der Waals surface area contributed by atoms with Crippen LogP contribution >= 0.6 is 0 Å². The van der Waals surface area contributed by atoms with Gasteiger partial charge in [0.1, 0.15) is 0 Å². The molecule has 0 aromatic heterocycles. The zero-order valence-corrected chi connectivity index (χ0v) is 8.08. The number of rotatable bonds is 3. The fraction of sp³-hybridized carbons (Fsp3) is 0.778. The summed E-state index contributed by atoms with van der Waals surface area (Å²) < 4.78 is 5.14. The number of nitrogens with zero attached hydrogens (tertiary/aromatic N) is 1. The van der Waals surface area contributed by atoms with Crippen molar-refractivity contribution in [1.82, 2.24) is 10.2 Å². The number of hydrogen-bond acceptors (Lipinski definition) is 2. The van der Waals surface area contributed by atoms with Gasteiger partial charge in [0.15, 0.2) is 0 Å². The Morgan fingerprint density at radius 3 is 2.85 bits per heavy atom. The first-order valence-electron chi connectivity index (χ1n) is 4.79. The van der Waals surface area contributed by atoms with Gasteiger partial charge in [-0.05, 0) is 6.42 Å². The van der Waals surface area contributed by atoms with Gasteiger partial charge in [-0.25, -0.2) is 4.79 Å². The van der Waals surface area contributed by atoms with Crippen molar-refractivity contribution in [3.63, 3.8) is 0 Å². The molecule has 13 heavy (non-hydrogen) atoms. The molecule has 0 saturated carbocycles. The van der Waals surface area contributed by atoms with E-state index in [1.165, 1.54) is 0 Å². The second kappa shape index (κ2) is 5.80. The number of hydrogen-bond donors (Lipinski definition) is 1. The standard InChI is InChI=1S/C9H17N2O2/c1-2-3-4-10-9(12)11-5-7-13-8-6-11/h4H,2-3,5-8H2,1H3,(H,10,12). The van der Waals surface area contributed by atoms with Gasteiger partial charge in [-0.2, -0.15) is 0 Å². The number of ether oxygens (including phenoxy) is 1. The van der Waals surface area contributed by atoms with Crippen molar-refractivity contribution < 1.29 is 9.53 Å².